The summed E-state index contributed by atoms with van der Waals surface area (Å²) in [6.45, 7) is 6.92. The van der Waals surface area contributed by atoms with Crippen LogP contribution in [-0.2, 0) is 15.1 Å². The van der Waals surface area contributed by atoms with Gasteiger partial charge in [0.05, 0.1) is 5.92 Å². The number of nitrogens with one attached hydrogen (secondary N) is 1. The van der Waals surface area contributed by atoms with Crippen molar-refractivity contribution in [1.82, 2.24) is 4.90 Å². The van der Waals surface area contributed by atoms with Crippen LogP contribution < -0.4 is 10.2 Å². The van der Waals surface area contributed by atoms with Gasteiger partial charge in [-0.15, -0.1) is 11.8 Å². The summed E-state index contributed by atoms with van der Waals surface area (Å²) in [6, 6.07) is 16.3. The first-order chi connectivity index (χ1) is 15.0. The summed E-state index contributed by atoms with van der Waals surface area (Å²) in [5.41, 5.74) is 3.07. The van der Waals surface area contributed by atoms with Crippen molar-refractivity contribution >= 4 is 35.0 Å². The third-order valence-electron chi connectivity index (χ3n) is 7.10. The molecular formula is C25H29N3O2S. The minimum Gasteiger partial charge on any atom is -0.326 e. The lowest BCUT2D eigenvalue weighted by molar-refractivity contribution is -0.136. The molecule has 2 saturated heterocycles. The summed E-state index contributed by atoms with van der Waals surface area (Å²) in [5.74, 6) is 1.79. The maximum Gasteiger partial charge on any atom is 0.253 e. The smallest absolute Gasteiger partial charge is 0.253 e. The SMILES string of the molecule is CCN1C(=O)C2(c3ccccc31)C(C(=O)Nc1ccc(C(C)C)cc1)CC1CSCN12. The average molecular weight is 436 g/mol. The van der Waals surface area contributed by atoms with E-state index in [1.165, 1.54) is 5.56 Å². The lowest BCUT2D eigenvalue weighted by Gasteiger charge is -2.36. The summed E-state index contributed by atoms with van der Waals surface area (Å²) in [7, 11) is 0. The lowest BCUT2D eigenvalue weighted by Crippen LogP contribution is -2.55. The van der Waals surface area contributed by atoms with E-state index in [-0.39, 0.29) is 17.9 Å². The third kappa shape index (κ3) is 2.95. The third-order valence-corrected chi connectivity index (χ3v) is 8.18. The quantitative estimate of drug-likeness (QED) is 0.773. The number of nitrogens with zero attached hydrogens (tertiary/aromatic N) is 2. The number of anilines is 2. The number of likely N-dealkylation sites (N-methyl/N-ethyl adjacent to an activating group) is 1. The summed E-state index contributed by atoms with van der Waals surface area (Å²) in [4.78, 5) is 31.8. The van der Waals surface area contributed by atoms with E-state index in [0.717, 1.165) is 28.6 Å². The number of amides is 2. The van der Waals surface area contributed by atoms with Crippen molar-refractivity contribution in [2.75, 3.05) is 28.4 Å². The van der Waals surface area contributed by atoms with E-state index in [9.17, 15) is 9.59 Å². The number of carbonyl (C=O) groups is 2. The normalized spacial score (nSPS) is 27.2. The summed E-state index contributed by atoms with van der Waals surface area (Å²) >= 11 is 1.86. The number of rotatable bonds is 4. The molecule has 0 aromatic heterocycles. The van der Waals surface area contributed by atoms with E-state index < -0.39 is 11.5 Å². The zero-order valence-corrected chi connectivity index (χ0v) is 19.1. The Morgan fingerprint density at radius 2 is 1.94 bits per heavy atom. The molecule has 3 unspecified atom stereocenters. The molecule has 0 saturated carbocycles. The Labute approximate surface area is 188 Å². The summed E-state index contributed by atoms with van der Waals surface area (Å²) in [5, 5.41) is 3.13. The highest BCUT2D eigenvalue weighted by molar-refractivity contribution is 7.99. The molecule has 3 atom stereocenters. The molecular weight excluding hydrogens is 406 g/mol. The van der Waals surface area contributed by atoms with E-state index in [2.05, 4.69) is 36.2 Å². The van der Waals surface area contributed by atoms with Gasteiger partial charge in [-0.25, -0.2) is 0 Å². The van der Waals surface area contributed by atoms with Crippen LogP contribution in [0.5, 0.6) is 0 Å². The minimum absolute atomic E-state index is 0.0523. The highest BCUT2D eigenvalue weighted by Crippen LogP contribution is 2.57. The van der Waals surface area contributed by atoms with Gasteiger partial charge in [-0.2, -0.15) is 0 Å². The van der Waals surface area contributed by atoms with Gasteiger partial charge in [0.15, 0.2) is 0 Å². The van der Waals surface area contributed by atoms with Crippen LogP contribution in [0.3, 0.4) is 0 Å². The number of thioether (sulfide) groups is 1. The standard InChI is InChI=1S/C25H29N3O2S/c1-4-27-22-8-6-5-7-20(22)25(24(27)30)21(13-19-14-31-15-28(19)25)23(29)26-18-11-9-17(10-12-18)16(2)3/h5-12,16,19,21H,4,13-15H2,1-3H3,(H,26,29). The van der Waals surface area contributed by atoms with Crippen LogP contribution in [-0.4, -0.2) is 40.9 Å². The topological polar surface area (TPSA) is 52.7 Å². The minimum atomic E-state index is -0.900. The first kappa shape index (κ1) is 20.6. The summed E-state index contributed by atoms with van der Waals surface area (Å²) < 4.78 is 0. The van der Waals surface area contributed by atoms with Gasteiger partial charge >= 0.3 is 0 Å². The Kier molecular flexibility index (Phi) is 5.10. The van der Waals surface area contributed by atoms with Crippen molar-refractivity contribution in [2.24, 2.45) is 5.92 Å². The first-order valence-electron chi connectivity index (χ1n) is 11.1. The highest BCUT2D eigenvalue weighted by atomic mass is 32.2. The molecule has 1 spiro atoms. The number of hydrogen-bond donors (Lipinski definition) is 1. The largest absolute Gasteiger partial charge is 0.326 e. The molecule has 0 radical (unpaired) electrons. The maximum atomic E-state index is 13.9. The molecule has 162 valence electrons. The second-order valence-corrected chi connectivity index (χ2v) is 10.0. The van der Waals surface area contributed by atoms with Gasteiger partial charge in [0.25, 0.3) is 5.91 Å². The fourth-order valence-corrected chi connectivity index (χ4v) is 6.88. The predicted octanol–water partition coefficient (Wildman–Crippen LogP) is 4.41. The zero-order chi connectivity index (χ0) is 21.8. The fraction of sp³-hybridized carbons (Fsp3) is 0.440. The van der Waals surface area contributed by atoms with E-state index >= 15 is 0 Å². The zero-order valence-electron chi connectivity index (χ0n) is 18.3. The molecule has 5 nitrogen and oxygen atoms in total. The fourth-order valence-electron chi connectivity index (χ4n) is 5.58. The number of carbonyl (C=O) groups excluding carboxylic acids is 2. The lowest BCUT2D eigenvalue weighted by atomic mass is 9.78. The monoisotopic (exact) mass is 435 g/mol. The van der Waals surface area contributed by atoms with Gasteiger partial charge in [-0.3, -0.25) is 14.5 Å². The predicted molar refractivity (Wildman–Crippen MR) is 126 cm³/mol. The molecule has 2 aromatic carbocycles. The van der Waals surface area contributed by atoms with Crippen molar-refractivity contribution < 1.29 is 9.59 Å². The molecule has 31 heavy (non-hydrogen) atoms. The Bertz CT molecular complexity index is 1020. The molecule has 3 aliphatic heterocycles. The number of fused-ring (bicyclic) bond motifs is 4. The number of benzene rings is 2. The Hall–Kier alpha value is -2.31. The van der Waals surface area contributed by atoms with Gasteiger partial charge in [0.1, 0.15) is 5.54 Å². The molecule has 2 amide bonds. The molecule has 0 bridgehead atoms. The van der Waals surface area contributed by atoms with Crippen molar-refractivity contribution in [1.29, 1.82) is 0 Å². The van der Waals surface area contributed by atoms with Gasteiger partial charge < -0.3 is 10.2 Å². The molecule has 2 fully saturated rings. The maximum absolute atomic E-state index is 13.9. The van der Waals surface area contributed by atoms with Crippen molar-refractivity contribution in [2.45, 2.75) is 44.7 Å². The Morgan fingerprint density at radius 3 is 2.65 bits per heavy atom. The van der Waals surface area contributed by atoms with Crippen LogP contribution in [0.2, 0.25) is 0 Å². The number of hydrogen-bond acceptors (Lipinski definition) is 4. The first-order valence-corrected chi connectivity index (χ1v) is 12.3. The number of para-hydroxylation sites is 1. The van der Waals surface area contributed by atoms with Crippen LogP contribution in [0, 0.1) is 5.92 Å². The van der Waals surface area contributed by atoms with Crippen LogP contribution in [0.15, 0.2) is 48.5 Å². The molecule has 5 rings (SSSR count). The van der Waals surface area contributed by atoms with Crippen LogP contribution in [0.4, 0.5) is 11.4 Å². The Morgan fingerprint density at radius 1 is 1.19 bits per heavy atom. The van der Waals surface area contributed by atoms with Gasteiger partial charge in [0, 0.05) is 41.2 Å². The second kappa shape index (κ2) is 7.68. The molecule has 3 heterocycles. The molecule has 3 aliphatic rings. The molecule has 6 heteroatoms. The van der Waals surface area contributed by atoms with E-state index in [0.29, 0.717) is 18.9 Å². The van der Waals surface area contributed by atoms with E-state index in [4.69, 9.17) is 0 Å². The molecule has 0 aliphatic carbocycles. The second-order valence-electron chi connectivity index (χ2n) is 9.01. The van der Waals surface area contributed by atoms with Crippen molar-refractivity contribution in [3.8, 4) is 0 Å². The van der Waals surface area contributed by atoms with Crippen molar-refractivity contribution in [3.63, 3.8) is 0 Å². The van der Waals surface area contributed by atoms with Gasteiger partial charge in [0.2, 0.25) is 5.91 Å². The Balaban J connectivity index is 1.54. The van der Waals surface area contributed by atoms with Crippen LogP contribution >= 0.6 is 11.8 Å². The molecule has 2 aromatic rings. The molecule has 1 N–H and O–H groups in total. The van der Waals surface area contributed by atoms with Crippen molar-refractivity contribution in [3.05, 3.63) is 59.7 Å². The average Bonchev–Trinajstić information content (AvgIpc) is 3.42. The van der Waals surface area contributed by atoms with E-state index in [1.807, 2.05) is 60.0 Å². The van der Waals surface area contributed by atoms with E-state index in [1.54, 1.807) is 0 Å². The van der Waals surface area contributed by atoms with Gasteiger partial charge in [-0.1, -0.05) is 44.2 Å². The summed E-state index contributed by atoms with van der Waals surface area (Å²) in [6.07, 6.45) is 0.709. The van der Waals surface area contributed by atoms with Gasteiger partial charge in [-0.05, 0) is 43.0 Å². The highest BCUT2D eigenvalue weighted by Gasteiger charge is 2.67. The van der Waals surface area contributed by atoms with Crippen LogP contribution in [0.25, 0.3) is 0 Å². The van der Waals surface area contributed by atoms with Crippen LogP contribution in [0.1, 0.15) is 44.2 Å².